The zero-order valence-electron chi connectivity index (χ0n) is 8.10. The van der Waals surface area contributed by atoms with Gasteiger partial charge in [0, 0.05) is 0 Å². The second-order valence-corrected chi connectivity index (χ2v) is 3.03. The van der Waals surface area contributed by atoms with Crippen LogP contribution in [0.2, 0.25) is 0 Å². The van der Waals surface area contributed by atoms with Gasteiger partial charge in [0.2, 0.25) is 0 Å². The quantitative estimate of drug-likeness (QED) is 0.647. The van der Waals surface area contributed by atoms with Gasteiger partial charge in [-0.1, -0.05) is 16.9 Å². The number of ether oxygens (including phenoxy) is 1. The Morgan fingerprint density at radius 1 is 1.13 bits per heavy atom. The van der Waals surface area contributed by atoms with Crippen LogP contribution < -0.4 is 20.7 Å². The standard InChI is InChI=1S/C10H9NO4/c1-14-8-4-2-7(3-5-8)6-15-11-9(12)10(11)13/h2-5H,6H2,1H3. The Labute approximate surface area is 85.1 Å². The number of benzene rings is 1. The van der Waals surface area contributed by atoms with Crippen LogP contribution in [0.15, 0.2) is 33.9 Å². The molecule has 0 N–H and O–H groups in total. The summed E-state index contributed by atoms with van der Waals surface area (Å²) < 4.78 is 5.72. The Balaban J connectivity index is 1.97. The zero-order valence-corrected chi connectivity index (χ0v) is 8.10. The molecule has 0 bridgehead atoms. The summed E-state index contributed by atoms with van der Waals surface area (Å²) in [6.45, 7) is 0.196. The van der Waals surface area contributed by atoms with Gasteiger partial charge < -0.3 is 9.57 Å². The third kappa shape index (κ3) is 1.90. The molecule has 1 aromatic carbocycles. The lowest BCUT2D eigenvalue weighted by Gasteiger charge is -2.02. The molecule has 0 aliphatic heterocycles. The largest absolute Gasteiger partial charge is 0.497 e. The minimum absolute atomic E-state index is 0.196. The number of methoxy groups -OCH3 is 1. The topological polar surface area (TPSA) is 57.5 Å². The molecule has 5 heteroatoms. The molecule has 2 aromatic rings. The average Bonchev–Trinajstić information content (AvgIpc) is 2.84. The normalized spacial score (nSPS) is 10.5. The predicted molar refractivity (Wildman–Crippen MR) is 52.6 cm³/mol. The first-order valence-electron chi connectivity index (χ1n) is 4.36. The lowest BCUT2D eigenvalue weighted by molar-refractivity contribution is 0.113. The molecule has 0 atom stereocenters. The molecule has 78 valence electrons. The number of hydrogen-bond donors (Lipinski definition) is 0. The van der Waals surface area contributed by atoms with Crippen LogP contribution in [0.4, 0.5) is 0 Å². The van der Waals surface area contributed by atoms with E-state index in [1.54, 1.807) is 31.4 Å². The molecule has 0 unspecified atom stereocenters. The molecule has 0 aliphatic carbocycles. The Morgan fingerprint density at radius 2 is 1.73 bits per heavy atom. The second-order valence-electron chi connectivity index (χ2n) is 3.03. The SMILES string of the molecule is COc1ccc(COn2c(=O)c2=O)cc1. The fourth-order valence-electron chi connectivity index (χ4n) is 1.10. The fraction of sp³-hybridized carbons (Fsp3) is 0.200. The van der Waals surface area contributed by atoms with Gasteiger partial charge in [-0.3, -0.25) is 9.59 Å². The van der Waals surface area contributed by atoms with Gasteiger partial charge in [-0.2, -0.15) is 0 Å². The predicted octanol–water partition coefficient (Wildman–Crippen LogP) is -0.278. The molecule has 5 nitrogen and oxygen atoms in total. The summed E-state index contributed by atoms with van der Waals surface area (Å²) in [5.41, 5.74) is -0.324. The van der Waals surface area contributed by atoms with E-state index in [-0.39, 0.29) is 6.61 Å². The summed E-state index contributed by atoms with van der Waals surface area (Å²) in [7, 11) is 1.58. The first-order valence-corrected chi connectivity index (χ1v) is 4.36. The van der Waals surface area contributed by atoms with Crippen molar-refractivity contribution in [2.45, 2.75) is 6.61 Å². The van der Waals surface area contributed by atoms with Gasteiger partial charge in [0.25, 0.3) is 0 Å². The first-order chi connectivity index (χ1) is 7.22. The van der Waals surface area contributed by atoms with Crippen molar-refractivity contribution in [2.24, 2.45) is 0 Å². The molecule has 1 aromatic heterocycles. The van der Waals surface area contributed by atoms with E-state index in [0.717, 1.165) is 16.0 Å². The Morgan fingerprint density at radius 3 is 2.20 bits per heavy atom. The van der Waals surface area contributed by atoms with Gasteiger partial charge in [0.15, 0.2) is 0 Å². The second kappa shape index (κ2) is 3.61. The third-order valence-corrected chi connectivity index (χ3v) is 2.02. The van der Waals surface area contributed by atoms with Gasteiger partial charge in [-0.25, -0.2) is 0 Å². The van der Waals surface area contributed by atoms with Gasteiger partial charge in [-0.15, -0.1) is 0 Å². The maximum Gasteiger partial charge on any atom is 0.355 e. The Kier molecular flexibility index (Phi) is 2.29. The number of nitrogens with zero attached hydrogens (tertiary/aromatic N) is 1. The van der Waals surface area contributed by atoms with Crippen molar-refractivity contribution in [3.05, 3.63) is 50.5 Å². The zero-order chi connectivity index (χ0) is 10.8. The van der Waals surface area contributed by atoms with Crippen molar-refractivity contribution in [3.8, 4) is 5.75 Å². The van der Waals surface area contributed by atoms with E-state index in [1.807, 2.05) is 0 Å². The number of hydrogen-bond acceptors (Lipinski definition) is 4. The molecule has 15 heavy (non-hydrogen) atoms. The van der Waals surface area contributed by atoms with Crippen LogP contribution in [0, 0.1) is 0 Å². The number of rotatable bonds is 4. The molecule has 0 aliphatic rings. The molecule has 0 amide bonds. The highest BCUT2D eigenvalue weighted by molar-refractivity contribution is 5.26. The molecule has 2 rings (SSSR count). The summed E-state index contributed by atoms with van der Waals surface area (Å²) in [5, 5.41) is 0. The van der Waals surface area contributed by atoms with Crippen molar-refractivity contribution in [1.82, 2.24) is 4.73 Å². The van der Waals surface area contributed by atoms with E-state index in [0.29, 0.717) is 0 Å². The minimum Gasteiger partial charge on any atom is -0.497 e. The van der Waals surface area contributed by atoms with Crippen molar-refractivity contribution >= 4 is 0 Å². The van der Waals surface area contributed by atoms with Crippen molar-refractivity contribution in [1.29, 1.82) is 0 Å². The van der Waals surface area contributed by atoms with E-state index >= 15 is 0 Å². The van der Waals surface area contributed by atoms with Crippen molar-refractivity contribution in [3.63, 3.8) is 0 Å². The minimum atomic E-state index is -0.594. The summed E-state index contributed by atoms with van der Waals surface area (Å²) >= 11 is 0. The molecule has 1 heterocycles. The highest BCUT2D eigenvalue weighted by Gasteiger charge is 2.17. The lowest BCUT2D eigenvalue weighted by Crippen LogP contribution is -2.09. The van der Waals surface area contributed by atoms with Crippen LogP contribution in [-0.2, 0) is 6.61 Å². The van der Waals surface area contributed by atoms with Gasteiger partial charge in [0.05, 0.1) is 7.11 Å². The molecule has 0 fully saturated rings. The summed E-state index contributed by atoms with van der Waals surface area (Å²) in [6.07, 6.45) is 0. The molecule has 0 spiro atoms. The number of aromatic nitrogens is 1. The van der Waals surface area contributed by atoms with Crippen LogP contribution in [0.3, 0.4) is 0 Å². The summed E-state index contributed by atoms with van der Waals surface area (Å²) in [6, 6.07) is 7.17. The smallest absolute Gasteiger partial charge is 0.355 e. The molecular weight excluding hydrogens is 198 g/mol. The van der Waals surface area contributed by atoms with Gasteiger partial charge in [-0.05, 0) is 17.7 Å². The summed E-state index contributed by atoms with van der Waals surface area (Å²) in [4.78, 5) is 26.1. The fourth-order valence-corrected chi connectivity index (χ4v) is 1.10. The van der Waals surface area contributed by atoms with Crippen LogP contribution in [-0.4, -0.2) is 11.8 Å². The highest BCUT2D eigenvalue weighted by atomic mass is 16.7. The van der Waals surface area contributed by atoms with Crippen molar-refractivity contribution < 1.29 is 9.57 Å². The van der Waals surface area contributed by atoms with Crippen LogP contribution in [0.5, 0.6) is 5.75 Å². The third-order valence-electron chi connectivity index (χ3n) is 2.02. The highest BCUT2D eigenvalue weighted by Crippen LogP contribution is 2.10. The average molecular weight is 207 g/mol. The Hall–Kier alpha value is -2.04. The van der Waals surface area contributed by atoms with Gasteiger partial charge >= 0.3 is 11.1 Å². The first kappa shape index (κ1) is 9.51. The Bertz CT molecular complexity index is 494. The molecule has 0 saturated carbocycles. The maximum atomic E-state index is 10.6. The van der Waals surface area contributed by atoms with E-state index in [9.17, 15) is 9.59 Å². The molecule has 0 radical (unpaired) electrons. The van der Waals surface area contributed by atoms with E-state index in [4.69, 9.17) is 9.57 Å². The lowest BCUT2D eigenvalue weighted by atomic mass is 10.2. The van der Waals surface area contributed by atoms with Crippen LogP contribution >= 0.6 is 0 Å². The van der Waals surface area contributed by atoms with E-state index in [1.165, 1.54) is 0 Å². The monoisotopic (exact) mass is 207 g/mol. The molecule has 0 saturated heterocycles. The molecular formula is C10H9NO4. The van der Waals surface area contributed by atoms with Crippen molar-refractivity contribution in [2.75, 3.05) is 7.11 Å². The van der Waals surface area contributed by atoms with E-state index < -0.39 is 11.1 Å². The van der Waals surface area contributed by atoms with Crippen LogP contribution in [0.1, 0.15) is 5.56 Å². The van der Waals surface area contributed by atoms with E-state index in [2.05, 4.69) is 0 Å². The maximum absolute atomic E-state index is 10.6. The van der Waals surface area contributed by atoms with Gasteiger partial charge in [0.1, 0.15) is 12.4 Å². The summed E-state index contributed by atoms with van der Waals surface area (Å²) in [5.74, 6) is 0.748. The van der Waals surface area contributed by atoms with Crippen LogP contribution in [0.25, 0.3) is 0 Å².